The van der Waals surface area contributed by atoms with Crippen molar-refractivity contribution in [2.45, 2.75) is 56.0 Å². The van der Waals surface area contributed by atoms with Gasteiger partial charge in [-0.15, -0.1) is 12.4 Å². The van der Waals surface area contributed by atoms with E-state index in [1.54, 1.807) is 10.9 Å². The summed E-state index contributed by atoms with van der Waals surface area (Å²) in [5.74, 6) is 0. The summed E-state index contributed by atoms with van der Waals surface area (Å²) in [6.45, 7) is 5.52. The van der Waals surface area contributed by atoms with E-state index < -0.39 is 15.6 Å². The molecule has 23 heavy (non-hydrogen) atoms. The maximum Gasteiger partial charge on any atom is 0.243 e. The molecule has 7 nitrogen and oxygen atoms in total. The first kappa shape index (κ1) is 20.4. The van der Waals surface area contributed by atoms with Gasteiger partial charge < -0.3 is 10.5 Å². The normalized spacial score (nSPS) is 17.0. The summed E-state index contributed by atoms with van der Waals surface area (Å²) in [6, 6.07) is 0.206. The van der Waals surface area contributed by atoms with Crippen molar-refractivity contribution in [2.75, 3.05) is 19.8 Å². The lowest BCUT2D eigenvalue weighted by atomic mass is 9.95. The van der Waals surface area contributed by atoms with Gasteiger partial charge in [0.1, 0.15) is 4.90 Å². The van der Waals surface area contributed by atoms with Gasteiger partial charge >= 0.3 is 0 Å². The van der Waals surface area contributed by atoms with Crippen LogP contribution in [-0.2, 0) is 14.8 Å². The van der Waals surface area contributed by atoms with E-state index in [-0.39, 0.29) is 29.9 Å². The molecule has 1 fully saturated rings. The van der Waals surface area contributed by atoms with E-state index in [1.807, 2.05) is 13.8 Å². The van der Waals surface area contributed by atoms with Gasteiger partial charge in [-0.3, -0.25) is 4.68 Å². The maximum absolute atomic E-state index is 12.4. The minimum absolute atomic E-state index is 0. The minimum Gasteiger partial charge on any atom is -0.381 e. The number of halogens is 1. The van der Waals surface area contributed by atoms with Gasteiger partial charge in [-0.2, -0.15) is 5.10 Å². The van der Waals surface area contributed by atoms with Crippen LogP contribution in [0.25, 0.3) is 0 Å². The van der Waals surface area contributed by atoms with Crippen molar-refractivity contribution in [2.24, 2.45) is 5.73 Å². The molecule has 1 aromatic rings. The van der Waals surface area contributed by atoms with Gasteiger partial charge in [-0.05, 0) is 25.7 Å². The Labute approximate surface area is 144 Å². The van der Waals surface area contributed by atoms with Crippen LogP contribution in [-0.4, -0.2) is 43.5 Å². The number of ether oxygens (including phenoxy) is 1. The van der Waals surface area contributed by atoms with Crippen LogP contribution in [0.2, 0.25) is 0 Å². The molecule has 0 saturated carbocycles. The van der Waals surface area contributed by atoms with Crippen LogP contribution in [0.4, 0.5) is 0 Å². The van der Waals surface area contributed by atoms with Gasteiger partial charge in [0, 0.05) is 31.5 Å². The van der Waals surface area contributed by atoms with Crippen molar-refractivity contribution in [1.29, 1.82) is 0 Å². The number of nitrogens with zero attached hydrogens (tertiary/aromatic N) is 2. The summed E-state index contributed by atoms with van der Waals surface area (Å²) in [7, 11) is -3.58. The molecular weight excluding hydrogens is 340 g/mol. The Morgan fingerprint density at radius 1 is 1.39 bits per heavy atom. The lowest BCUT2D eigenvalue weighted by molar-refractivity contribution is 0.0662. The molecule has 0 unspecified atom stereocenters. The molecule has 0 aromatic carbocycles. The SMILES string of the molecule is CCC(N)(CC)CNS(=O)(=O)c1cnn(C2CCOCC2)c1.Cl. The molecule has 134 valence electrons. The number of hydrogen-bond acceptors (Lipinski definition) is 5. The molecule has 2 heterocycles. The van der Waals surface area contributed by atoms with E-state index in [1.165, 1.54) is 6.20 Å². The highest BCUT2D eigenvalue weighted by molar-refractivity contribution is 7.89. The van der Waals surface area contributed by atoms with Crippen LogP contribution in [0.1, 0.15) is 45.6 Å². The summed E-state index contributed by atoms with van der Waals surface area (Å²) < 4.78 is 34.4. The largest absolute Gasteiger partial charge is 0.381 e. The molecule has 0 aliphatic carbocycles. The van der Waals surface area contributed by atoms with Crippen molar-refractivity contribution in [3.05, 3.63) is 12.4 Å². The molecule has 0 amide bonds. The topological polar surface area (TPSA) is 99.2 Å². The minimum atomic E-state index is -3.58. The van der Waals surface area contributed by atoms with Crippen LogP contribution >= 0.6 is 12.4 Å². The summed E-state index contributed by atoms with van der Waals surface area (Å²) >= 11 is 0. The fourth-order valence-electron chi connectivity index (χ4n) is 2.43. The molecule has 9 heteroatoms. The van der Waals surface area contributed by atoms with Crippen molar-refractivity contribution in [3.63, 3.8) is 0 Å². The first-order chi connectivity index (χ1) is 10.4. The zero-order valence-electron chi connectivity index (χ0n) is 13.7. The second kappa shape index (κ2) is 8.43. The quantitative estimate of drug-likeness (QED) is 0.760. The monoisotopic (exact) mass is 366 g/mol. The Bertz CT molecular complexity index is 581. The van der Waals surface area contributed by atoms with Gasteiger partial charge in [-0.25, -0.2) is 13.1 Å². The third-order valence-corrected chi connectivity index (χ3v) is 5.83. The summed E-state index contributed by atoms with van der Waals surface area (Å²) in [5.41, 5.74) is 5.63. The summed E-state index contributed by atoms with van der Waals surface area (Å²) in [5, 5.41) is 4.20. The van der Waals surface area contributed by atoms with Crippen LogP contribution in [0.15, 0.2) is 17.3 Å². The smallest absolute Gasteiger partial charge is 0.243 e. The fraction of sp³-hybridized carbons (Fsp3) is 0.786. The Kier molecular flexibility index (Phi) is 7.47. The van der Waals surface area contributed by atoms with Crippen molar-refractivity contribution in [3.8, 4) is 0 Å². The molecule has 1 aliphatic rings. The van der Waals surface area contributed by atoms with Crippen LogP contribution in [0.3, 0.4) is 0 Å². The van der Waals surface area contributed by atoms with Crippen LogP contribution < -0.4 is 10.5 Å². The van der Waals surface area contributed by atoms with E-state index in [4.69, 9.17) is 10.5 Å². The van der Waals surface area contributed by atoms with Gasteiger partial charge in [0.2, 0.25) is 10.0 Å². The standard InChI is InChI=1S/C14H26N4O3S.ClH/c1-3-14(15,4-2)11-17-22(19,20)13-9-16-18(10-13)12-5-7-21-8-6-12;/h9-10,12,17H,3-8,11,15H2,1-2H3;1H. The highest BCUT2D eigenvalue weighted by atomic mass is 35.5. The number of nitrogens with two attached hydrogens (primary N) is 1. The number of sulfonamides is 1. The van der Waals surface area contributed by atoms with Crippen molar-refractivity contribution < 1.29 is 13.2 Å². The third-order valence-electron chi connectivity index (χ3n) is 4.48. The molecule has 1 aromatic heterocycles. The number of rotatable bonds is 7. The molecule has 0 bridgehead atoms. The number of nitrogens with one attached hydrogen (secondary N) is 1. The second-order valence-corrected chi connectivity index (χ2v) is 7.66. The highest BCUT2D eigenvalue weighted by Gasteiger charge is 2.25. The summed E-state index contributed by atoms with van der Waals surface area (Å²) in [4.78, 5) is 0.188. The van der Waals surface area contributed by atoms with Crippen LogP contribution in [0, 0.1) is 0 Å². The van der Waals surface area contributed by atoms with E-state index in [9.17, 15) is 8.42 Å². The number of hydrogen-bond donors (Lipinski definition) is 2. The first-order valence-corrected chi connectivity index (χ1v) is 9.29. The first-order valence-electron chi connectivity index (χ1n) is 7.80. The highest BCUT2D eigenvalue weighted by Crippen LogP contribution is 2.21. The fourth-order valence-corrected chi connectivity index (χ4v) is 3.51. The maximum atomic E-state index is 12.4. The predicted octanol–water partition coefficient (Wildman–Crippen LogP) is 1.45. The molecule has 0 spiro atoms. The van der Waals surface area contributed by atoms with Gasteiger partial charge in [0.05, 0.1) is 12.2 Å². The van der Waals surface area contributed by atoms with E-state index in [0.29, 0.717) is 26.1 Å². The molecule has 2 rings (SSSR count). The molecule has 1 aliphatic heterocycles. The van der Waals surface area contributed by atoms with Crippen LogP contribution in [0.5, 0.6) is 0 Å². The molecule has 0 radical (unpaired) electrons. The van der Waals surface area contributed by atoms with Crippen molar-refractivity contribution >= 4 is 22.4 Å². The third kappa shape index (κ3) is 5.15. The number of aromatic nitrogens is 2. The Morgan fingerprint density at radius 3 is 2.57 bits per heavy atom. The average Bonchev–Trinajstić information content (AvgIpc) is 3.04. The zero-order chi connectivity index (χ0) is 16.2. The van der Waals surface area contributed by atoms with Gasteiger partial charge in [0.15, 0.2) is 0 Å². The molecular formula is C14H27ClN4O3S. The van der Waals surface area contributed by atoms with Gasteiger partial charge in [-0.1, -0.05) is 13.8 Å². The Morgan fingerprint density at radius 2 is 2.00 bits per heavy atom. The molecule has 3 N–H and O–H groups in total. The molecule has 0 atom stereocenters. The zero-order valence-corrected chi connectivity index (χ0v) is 15.3. The Hall–Kier alpha value is -0.670. The van der Waals surface area contributed by atoms with E-state index in [0.717, 1.165) is 12.8 Å². The lowest BCUT2D eigenvalue weighted by Gasteiger charge is -2.26. The lowest BCUT2D eigenvalue weighted by Crippen LogP contribution is -2.49. The Balaban J connectivity index is 0.00000264. The average molecular weight is 367 g/mol. The van der Waals surface area contributed by atoms with E-state index >= 15 is 0 Å². The summed E-state index contributed by atoms with van der Waals surface area (Å²) in [6.07, 6.45) is 6.13. The van der Waals surface area contributed by atoms with E-state index in [2.05, 4.69) is 9.82 Å². The van der Waals surface area contributed by atoms with Gasteiger partial charge in [0.25, 0.3) is 0 Å². The predicted molar refractivity (Wildman–Crippen MR) is 91.3 cm³/mol. The van der Waals surface area contributed by atoms with Crippen molar-refractivity contribution in [1.82, 2.24) is 14.5 Å². The second-order valence-electron chi connectivity index (χ2n) is 5.89. The molecule has 1 saturated heterocycles.